The summed E-state index contributed by atoms with van der Waals surface area (Å²) in [5.74, 6) is 0. The predicted octanol–water partition coefficient (Wildman–Crippen LogP) is 18.9. The van der Waals surface area contributed by atoms with E-state index in [2.05, 4.69) is 247 Å². The largest absolute Gasteiger partial charge is 0.453 e. The van der Waals surface area contributed by atoms with Gasteiger partial charge in [-0.3, -0.25) is 0 Å². The molecule has 11 aromatic carbocycles. The average molecular weight is 986 g/mol. The Bertz CT molecular complexity index is 4560. The maximum absolute atomic E-state index is 7.82. The second kappa shape index (κ2) is 14.8. The van der Waals surface area contributed by atoms with Gasteiger partial charge in [0.1, 0.15) is 5.58 Å². The van der Waals surface area contributed by atoms with Crippen molar-refractivity contribution in [2.45, 2.75) is 70.6 Å². The van der Waals surface area contributed by atoms with E-state index in [1.807, 2.05) is 0 Å². The van der Waals surface area contributed by atoms with E-state index in [0.29, 0.717) is 0 Å². The van der Waals surface area contributed by atoms with E-state index in [1.165, 1.54) is 145 Å². The quantitative estimate of drug-likeness (QED) is 0.175. The number of nitrogens with zero attached hydrogens (tertiary/aromatic N) is 1. The van der Waals surface area contributed by atoms with Crippen molar-refractivity contribution in [1.82, 2.24) is 0 Å². The van der Waals surface area contributed by atoms with Crippen LogP contribution in [0.3, 0.4) is 0 Å². The van der Waals surface area contributed by atoms with Gasteiger partial charge in [0, 0.05) is 21.8 Å². The maximum atomic E-state index is 7.82. The van der Waals surface area contributed by atoms with Crippen LogP contribution in [-0.2, 0) is 29.1 Å². The van der Waals surface area contributed by atoms with E-state index < -0.39 is 10.8 Å². The lowest BCUT2D eigenvalue weighted by Gasteiger charge is -2.43. The highest BCUT2D eigenvalue weighted by Gasteiger charge is 2.52. The standard InChI is InChI=1S/C75H55NO/c1-42-26-32-48(38-44(42)3)74(49-33-27-43(2)45(4)39-49)57-20-10-9-18-52(57)56-40-67-64(41-63(56)74)73(5,6)60-23-13-14-24-65(60)76(67)66-25-15-19-53-54-35-37-62-70(72(54)77-71(53)66)55-34-30-46-28-29-47-31-36-61(69(55)68(46)47)75(62)58-21-11-7-16-50(58)51-17-8-12-22-59(51)75/h7-27,30-41H,28-29H2,1-6H3. The SMILES string of the molecule is Cc1ccc(C2(c3ccc(C)c(C)c3)c3ccccc3-c3cc4c(cc32)C(C)(C)c2ccccc2N4c2cccc3c2oc2c4c(ccc23)C2(c3ccccc3-c3ccccc32)c2ccc3c5c(ccc-4c25)CC3)cc1C. The van der Waals surface area contributed by atoms with Crippen molar-refractivity contribution in [1.29, 1.82) is 0 Å². The molecule has 0 saturated carbocycles. The Morgan fingerprint density at radius 2 is 0.909 bits per heavy atom. The molecule has 2 heteroatoms. The molecule has 12 aromatic rings. The van der Waals surface area contributed by atoms with Crippen molar-refractivity contribution in [3.8, 4) is 33.4 Å². The fourth-order valence-corrected chi connectivity index (χ4v) is 15.9. The summed E-state index contributed by atoms with van der Waals surface area (Å²) in [6.45, 7) is 13.9. The van der Waals surface area contributed by atoms with Crippen molar-refractivity contribution in [2.24, 2.45) is 0 Å². The number of aryl methyl sites for hydroxylation is 6. The molecule has 1 aromatic heterocycles. The molecular weight excluding hydrogens is 931 g/mol. The van der Waals surface area contributed by atoms with Gasteiger partial charge in [0.25, 0.3) is 0 Å². The van der Waals surface area contributed by atoms with Crippen molar-refractivity contribution >= 4 is 49.8 Å². The Kier molecular flexibility index (Phi) is 8.37. The molecule has 366 valence electrons. The number of hydrogen-bond donors (Lipinski definition) is 0. The van der Waals surface area contributed by atoms with E-state index >= 15 is 0 Å². The van der Waals surface area contributed by atoms with Gasteiger partial charge in [-0.05, 0) is 186 Å². The Morgan fingerprint density at radius 3 is 1.57 bits per heavy atom. The Hall–Kier alpha value is -8.72. The summed E-state index contributed by atoms with van der Waals surface area (Å²) >= 11 is 0. The van der Waals surface area contributed by atoms with Crippen LogP contribution in [0.5, 0.6) is 0 Å². The molecule has 0 unspecified atom stereocenters. The van der Waals surface area contributed by atoms with Crippen LogP contribution >= 0.6 is 0 Å². The Labute approximate surface area is 449 Å². The smallest absolute Gasteiger partial charge is 0.159 e. The summed E-state index contributed by atoms with van der Waals surface area (Å²) in [6, 6.07) is 77.6. The highest BCUT2D eigenvalue weighted by Crippen LogP contribution is 2.65. The first-order valence-electron chi connectivity index (χ1n) is 27.7. The topological polar surface area (TPSA) is 16.4 Å². The molecule has 0 atom stereocenters. The average Bonchev–Trinajstić information content (AvgIpc) is 3.63. The lowest BCUT2D eigenvalue weighted by atomic mass is 9.61. The first-order chi connectivity index (χ1) is 37.6. The summed E-state index contributed by atoms with van der Waals surface area (Å²) in [7, 11) is 0. The second-order valence-electron chi connectivity index (χ2n) is 23.5. The summed E-state index contributed by atoms with van der Waals surface area (Å²) < 4.78 is 7.82. The van der Waals surface area contributed by atoms with Crippen LogP contribution in [0.1, 0.15) is 103 Å². The first kappa shape index (κ1) is 43.5. The van der Waals surface area contributed by atoms with Gasteiger partial charge in [-0.1, -0.05) is 196 Å². The zero-order valence-electron chi connectivity index (χ0n) is 44.3. The van der Waals surface area contributed by atoms with Crippen LogP contribution in [0.25, 0.3) is 66.1 Å². The highest BCUT2D eigenvalue weighted by atomic mass is 16.3. The van der Waals surface area contributed by atoms with E-state index in [-0.39, 0.29) is 5.41 Å². The van der Waals surface area contributed by atoms with Crippen LogP contribution < -0.4 is 4.90 Å². The highest BCUT2D eigenvalue weighted by molar-refractivity contribution is 6.19. The minimum atomic E-state index is -0.548. The molecule has 0 bridgehead atoms. The lowest BCUT2D eigenvalue weighted by molar-refractivity contribution is 0.627. The van der Waals surface area contributed by atoms with Crippen molar-refractivity contribution in [3.63, 3.8) is 0 Å². The molecule has 5 aliphatic rings. The first-order valence-corrected chi connectivity index (χ1v) is 27.7. The molecule has 0 radical (unpaired) electrons. The van der Waals surface area contributed by atoms with Gasteiger partial charge in [-0.2, -0.15) is 0 Å². The molecule has 77 heavy (non-hydrogen) atoms. The zero-order chi connectivity index (χ0) is 51.4. The van der Waals surface area contributed by atoms with Gasteiger partial charge >= 0.3 is 0 Å². The van der Waals surface area contributed by atoms with E-state index in [4.69, 9.17) is 4.42 Å². The molecule has 1 aliphatic heterocycles. The third-order valence-corrected chi connectivity index (χ3v) is 19.7. The number of furan rings is 1. The van der Waals surface area contributed by atoms with Gasteiger partial charge in [-0.15, -0.1) is 0 Å². The summed E-state index contributed by atoms with van der Waals surface area (Å²) in [4.78, 5) is 2.55. The fourth-order valence-electron chi connectivity index (χ4n) is 15.9. The summed E-state index contributed by atoms with van der Waals surface area (Å²) in [5, 5.41) is 5.09. The van der Waals surface area contributed by atoms with E-state index in [9.17, 15) is 0 Å². The van der Waals surface area contributed by atoms with Gasteiger partial charge in [0.2, 0.25) is 0 Å². The summed E-state index contributed by atoms with van der Waals surface area (Å²) in [5.41, 5.74) is 32.8. The van der Waals surface area contributed by atoms with Crippen LogP contribution in [-0.4, -0.2) is 0 Å². The number of rotatable bonds is 3. The number of hydrogen-bond acceptors (Lipinski definition) is 2. The normalized spacial score (nSPS) is 15.8. The fraction of sp³-hybridized carbons (Fsp3) is 0.147. The second-order valence-corrected chi connectivity index (χ2v) is 23.5. The van der Waals surface area contributed by atoms with Crippen LogP contribution in [0.15, 0.2) is 205 Å². The molecule has 17 rings (SSSR count). The van der Waals surface area contributed by atoms with Crippen molar-refractivity contribution in [3.05, 3.63) is 289 Å². The van der Waals surface area contributed by atoms with Crippen LogP contribution in [0, 0.1) is 27.7 Å². The van der Waals surface area contributed by atoms with Crippen LogP contribution in [0.4, 0.5) is 17.1 Å². The number of anilines is 3. The third-order valence-electron chi connectivity index (χ3n) is 19.7. The molecule has 0 N–H and O–H groups in total. The monoisotopic (exact) mass is 985 g/mol. The molecule has 2 heterocycles. The zero-order valence-corrected chi connectivity index (χ0v) is 44.3. The number of fused-ring (bicyclic) bond motifs is 18. The van der Waals surface area contributed by atoms with Gasteiger partial charge in [0.15, 0.2) is 5.58 Å². The third kappa shape index (κ3) is 5.18. The molecule has 1 spiro atoms. The molecule has 0 fully saturated rings. The van der Waals surface area contributed by atoms with E-state index in [0.717, 1.165) is 40.5 Å². The van der Waals surface area contributed by atoms with Gasteiger partial charge in [0.05, 0.1) is 27.9 Å². The molecule has 0 amide bonds. The summed E-state index contributed by atoms with van der Waals surface area (Å²) in [6.07, 6.45) is 2.15. The maximum Gasteiger partial charge on any atom is 0.159 e. The van der Waals surface area contributed by atoms with Crippen molar-refractivity contribution in [2.75, 3.05) is 4.90 Å². The van der Waals surface area contributed by atoms with E-state index in [1.54, 1.807) is 0 Å². The van der Waals surface area contributed by atoms with Gasteiger partial charge < -0.3 is 9.32 Å². The molecule has 4 aliphatic carbocycles. The Morgan fingerprint density at radius 1 is 0.351 bits per heavy atom. The number of para-hydroxylation sites is 2. The minimum absolute atomic E-state index is 0.346. The molecular formula is C75H55NO. The van der Waals surface area contributed by atoms with Crippen LogP contribution in [0.2, 0.25) is 0 Å². The lowest BCUT2D eigenvalue weighted by Crippen LogP contribution is -2.33. The van der Waals surface area contributed by atoms with Gasteiger partial charge in [-0.25, -0.2) is 0 Å². The minimum Gasteiger partial charge on any atom is -0.453 e. The van der Waals surface area contributed by atoms with Crippen molar-refractivity contribution < 1.29 is 4.42 Å². The number of benzene rings is 11. The molecule has 0 saturated heterocycles. The predicted molar refractivity (Wildman–Crippen MR) is 318 cm³/mol. The molecule has 2 nitrogen and oxygen atoms in total. The Balaban J connectivity index is 0.962.